The molecule has 146 valence electrons. The van der Waals surface area contributed by atoms with E-state index in [1.807, 2.05) is 37.8 Å². The third-order valence-corrected chi connectivity index (χ3v) is 7.81. The van der Waals surface area contributed by atoms with Crippen LogP contribution in [0.3, 0.4) is 0 Å². The van der Waals surface area contributed by atoms with Gasteiger partial charge in [-0.1, -0.05) is 32.5 Å². The molecule has 0 radical (unpaired) electrons. The van der Waals surface area contributed by atoms with Crippen LogP contribution in [0.25, 0.3) is 0 Å². The van der Waals surface area contributed by atoms with Crippen molar-refractivity contribution in [2.45, 2.75) is 38.5 Å². The largest absolute Gasteiger partial charge is 0.454 e. The highest BCUT2D eigenvalue weighted by atomic mass is 32.2. The quantitative estimate of drug-likeness (QED) is 0.740. The lowest BCUT2D eigenvalue weighted by Gasteiger charge is -2.25. The number of benzene rings is 1. The Morgan fingerprint density at radius 2 is 2.00 bits per heavy atom. The van der Waals surface area contributed by atoms with Crippen molar-refractivity contribution < 1.29 is 22.7 Å². The molecule has 3 aliphatic heterocycles. The van der Waals surface area contributed by atoms with Crippen molar-refractivity contribution in [3.05, 3.63) is 18.2 Å². The molecule has 7 nitrogen and oxygen atoms in total. The van der Waals surface area contributed by atoms with Crippen molar-refractivity contribution >= 4 is 38.4 Å². The fourth-order valence-electron chi connectivity index (χ4n) is 3.50. The molecule has 0 saturated carbocycles. The van der Waals surface area contributed by atoms with Gasteiger partial charge in [-0.15, -0.1) is 0 Å². The molecular weight excluding hydrogens is 388 g/mol. The Hall–Kier alpha value is -1.74. The molecule has 3 heterocycles. The van der Waals surface area contributed by atoms with E-state index in [9.17, 15) is 13.2 Å². The maximum Gasteiger partial charge on any atom is 0.248 e. The number of nitrogens with zero attached hydrogens (tertiary/aromatic N) is 2. The summed E-state index contributed by atoms with van der Waals surface area (Å²) in [7, 11) is -3.10. The Balaban J connectivity index is 1.70. The van der Waals surface area contributed by atoms with Gasteiger partial charge >= 0.3 is 0 Å². The van der Waals surface area contributed by atoms with Gasteiger partial charge in [0.15, 0.2) is 26.5 Å². The molecule has 1 amide bonds. The predicted octanol–water partition coefficient (Wildman–Crippen LogP) is 2.45. The SMILES string of the molecule is CC(C)(C)CC(=O)N=C1S[C@@H]2CS(=O)(=O)C[C@@H]2N1c1ccc2c(c1)OCO2. The topological polar surface area (TPSA) is 85.3 Å². The van der Waals surface area contributed by atoms with Gasteiger partial charge in [0.2, 0.25) is 12.7 Å². The van der Waals surface area contributed by atoms with E-state index in [-0.39, 0.29) is 40.9 Å². The predicted molar refractivity (Wildman–Crippen MR) is 105 cm³/mol. The summed E-state index contributed by atoms with van der Waals surface area (Å²) in [4.78, 5) is 18.7. The highest BCUT2D eigenvalue weighted by Crippen LogP contribution is 2.44. The third-order valence-electron chi connectivity index (χ3n) is 4.60. The van der Waals surface area contributed by atoms with Gasteiger partial charge in [-0.25, -0.2) is 8.42 Å². The lowest BCUT2D eigenvalue weighted by atomic mass is 9.92. The van der Waals surface area contributed by atoms with Crippen molar-refractivity contribution in [3.8, 4) is 11.5 Å². The number of hydrogen-bond acceptors (Lipinski definition) is 6. The van der Waals surface area contributed by atoms with E-state index >= 15 is 0 Å². The molecule has 4 rings (SSSR count). The van der Waals surface area contributed by atoms with Gasteiger partial charge in [0.05, 0.1) is 17.5 Å². The van der Waals surface area contributed by atoms with Crippen LogP contribution in [0.15, 0.2) is 23.2 Å². The maximum atomic E-state index is 12.4. The van der Waals surface area contributed by atoms with Crippen molar-refractivity contribution in [1.29, 1.82) is 0 Å². The average Bonchev–Trinajstić information content (AvgIpc) is 3.16. The summed E-state index contributed by atoms with van der Waals surface area (Å²) in [5, 5.41) is 0.439. The summed E-state index contributed by atoms with van der Waals surface area (Å²) in [5.74, 6) is 1.24. The summed E-state index contributed by atoms with van der Waals surface area (Å²) in [6.07, 6.45) is 0.333. The Kier molecular flexibility index (Phi) is 4.42. The molecule has 3 aliphatic rings. The lowest BCUT2D eigenvalue weighted by molar-refractivity contribution is -0.119. The fraction of sp³-hybridized carbons (Fsp3) is 0.556. The minimum absolute atomic E-state index is 0.0611. The van der Waals surface area contributed by atoms with E-state index in [1.54, 1.807) is 6.07 Å². The molecule has 0 aliphatic carbocycles. The molecule has 2 atom stereocenters. The zero-order valence-corrected chi connectivity index (χ0v) is 17.1. The first-order valence-electron chi connectivity index (χ1n) is 8.79. The van der Waals surface area contributed by atoms with E-state index in [0.717, 1.165) is 5.69 Å². The first-order chi connectivity index (χ1) is 12.6. The highest BCUT2D eigenvalue weighted by molar-refractivity contribution is 8.16. The molecule has 0 unspecified atom stereocenters. The van der Waals surface area contributed by atoms with Gasteiger partial charge in [-0.05, 0) is 17.5 Å². The van der Waals surface area contributed by atoms with Crippen LogP contribution in [0.1, 0.15) is 27.2 Å². The number of anilines is 1. The standard InChI is InChI=1S/C18H22N2O5S2/c1-18(2,3)7-16(21)19-17-20(12-8-27(22,23)9-15(12)26-17)11-4-5-13-14(6-11)25-10-24-13/h4-6,12,15H,7-10H2,1-3H3/t12-,15+/m0/s1. The van der Waals surface area contributed by atoms with E-state index in [0.29, 0.717) is 23.1 Å². The second-order valence-electron chi connectivity index (χ2n) is 8.23. The minimum atomic E-state index is -3.10. The first-order valence-corrected chi connectivity index (χ1v) is 11.5. The Bertz CT molecular complexity index is 920. The van der Waals surface area contributed by atoms with Crippen LogP contribution >= 0.6 is 11.8 Å². The van der Waals surface area contributed by atoms with Crippen LogP contribution in [-0.4, -0.2) is 49.1 Å². The number of carbonyl (C=O) groups is 1. The molecule has 2 saturated heterocycles. The fourth-order valence-corrected chi connectivity index (χ4v) is 7.43. The van der Waals surface area contributed by atoms with Crippen LogP contribution in [0.4, 0.5) is 5.69 Å². The first kappa shape index (κ1) is 18.6. The smallest absolute Gasteiger partial charge is 0.248 e. The second kappa shape index (κ2) is 6.41. The minimum Gasteiger partial charge on any atom is -0.454 e. The number of ether oxygens (including phenoxy) is 2. The van der Waals surface area contributed by atoms with Crippen molar-refractivity contribution in [1.82, 2.24) is 0 Å². The summed E-state index contributed by atoms with van der Waals surface area (Å²) >= 11 is 1.38. The number of hydrogen-bond donors (Lipinski definition) is 0. The molecule has 1 aromatic carbocycles. The van der Waals surface area contributed by atoms with Crippen LogP contribution in [0.2, 0.25) is 0 Å². The van der Waals surface area contributed by atoms with Crippen molar-refractivity contribution in [2.24, 2.45) is 10.4 Å². The molecule has 0 aromatic heterocycles. The van der Waals surface area contributed by atoms with Crippen LogP contribution in [0.5, 0.6) is 11.5 Å². The zero-order chi connectivity index (χ0) is 19.4. The third kappa shape index (κ3) is 3.80. The summed E-state index contributed by atoms with van der Waals surface area (Å²) in [5.41, 5.74) is 0.603. The average molecular weight is 411 g/mol. The van der Waals surface area contributed by atoms with E-state index < -0.39 is 9.84 Å². The van der Waals surface area contributed by atoms with Crippen molar-refractivity contribution in [3.63, 3.8) is 0 Å². The molecule has 1 aromatic rings. The maximum absolute atomic E-state index is 12.4. The van der Waals surface area contributed by atoms with Crippen LogP contribution in [-0.2, 0) is 14.6 Å². The monoisotopic (exact) mass is 410 g/mol. The molecule has 2 fully saturated rings. The van der Waals surface area contributed by atoms with Gasteiger partial charge in [-0.3, -0.25) is 4.79 Å². The number of amides is 1. The number of fused-ring (bicyclic) bond motifs is 2. The Labute approximate surface area is 163 Å². The number of rotatable bonds is 2. The molecular formula is C18H22N2O5S2. The van der Waals surface area contributed by atoms with Gasteiger partial charge in [0.1, 0.15) is 0 Å². The Morgan fingerprint density at radius 1 is 1.26 bits per heavy atom. The van der Waals surface area contributed by atoms with E-state index in [2.05, 4.69) is 4.99 Å². The van der Waals surface area contributed by atoms with Gasteiger partial charge in [-0.2, -0.15) is 4.99 Å². The Morgan fingerprint density at radius 3 is 2.74 bits per heavy atom. The lowest BCUT2D eigenvalue weighted by Crippen LogP contribution is -2.37. The molecule has 27 heavy (non-hydrogen) atoms. The van der Waals surface area contributed by atoms with Crippen LogP contribution in [0, 0.1) is 5.41 Å². The van der Waals surface area contributed by atoms with Gasteiger partial charge in [0, 0.05) is 23.4 Å². The zero-order valence-electron chi connectivity index (χ0n) is 15.5. The van der Waals surface area contributed by atoms with E-state index in [4.69, 9.17) is 9.47 Å². The number of amidine groups is 1. The molecule has 9 heteroatoms. The summed E-state index contributed by atoms with van der Waals surface area (Å²) in [6.45, 7) is 6.14. The van der Waals surface area contributed by atoms with Crippen LogP contribution < -0.4 is 14.4 Å². The molecule has 0 bridgehead atoms. The van der Waals surface area contributed by atoms with E-state index in [1.165, 1.54) is 11.8 Å². The van der Waals surface area contributed by atoms with Gasteiger partial charge in [0.25, 0.3) is 0 Å². The normalized spacial score (nSPS) is 27.2. The van der Waals surface area contributed by atoms with Crippen molar-refractivity contribution in [2.75, 3.05) is 23.2 Å². The van der Waals surface area contributed by atoms with Gasteiger partial charge < -0.3 is 14.4 Å². The summed E-state index contributed by atoms with van der Waals surface area (Å²) in [6, 6.07) is 5.24. The number of carbonyl (C=O) groups excluding carboxylic acids is 1. The second-order valence-corrected chi connectivity index (χ2v) is 11.6. The molecule has 0 spiro atoms. The highest BCUT2D eigenvalue weighted by Gasteiger charge is 2.49. The number of thioether (sulfide) groups is 1. The molecule has 0 N–H and O–H groups in total. The number of sulfone groups is 1. The summed E-state index contributed by atoms with van der Waals surface area (Å²) < 4.78 is 35.1. The number of aliphatic imine (C=N–C) groups is 1.